The smallest absolute Gasteiger partial charge is 0.225 e. The molecular weight excluding hydrogens is 188 g/mol. The first-order chi connectivity index (χ1) is 7.05. The first-order valence-corrected chi connectivity index (χ1v) is 6.05. The van der Waals surface area contributed by atoms with Gasteiger partial charge in [0.1, 0.15) is 0 Å². The maximum Gasteiger partial charge on any atom is 0.225 e. The summed E-state index contributed by atoms with van der Waals surface area (Å²) in [6, 6.07) is 0. The van der Waals surface area contributed by atoms with Gasteiger partial charge in [-0.05, 0) is 26.3 Å². The molecule has 0 aromatic rings. The summed E-state index contributed by atoms with van der Waals surface area (Å²) < 4.78 is 0. The van der Waals surface area contributed by atoms with Crippen molar-refractivity contribution >= 4 is 5.91 Å². The minimum atomic E-state index is 0.154. The largest absolute Gasteiger partial charge is 0.337 e. The van der Waals surface area contributed by atoms with E-state index in [-0.39, 0.29) is 11.5 Å². The summed E-state index contributed by atoms with van der Waals surface area (Å²) in [4.78, 5) is 16.5. The summed E-state index contributed by atoms with van der Waals surface area (Å²) >= 11 is 0. The molecule has 2 saturated heterocycles. The molecule has 0 N–H and O–H groups in total. The first kappa shape index (κ1) is 10.9. The molecule has 2 heterocycles. The summed E-state index contributed by atoms with van der Waals surface area (Å²) in [7, 11) is 2.17. The van der Waals surface area contributed by atoms with Crippen molar-refractivity contribution in [3.05, 3.63) is 0 Å². The molecule has 0 unspecified atom stereocenters. The zero-order chi connectivity index (χ0) is 11.1. The fourth-order valence-electron chi connectivity index (χ4n) is 2.75. The first-order valence-electron chi connectivity index (χ1n) is 6.05. The van der Waals surface area contributed by atoms with Gasteiger partial charge in [-0.3, -0.25) is 4.79 Å². The van der Waals surface area contributed by atoms with Gasteiger partial charge in [-0.25, -0.2) is 0 Å². The Labute approximate surface area is 92.4 Å². The Bertz CT molecular complexity index is 254. The lowest BCUT2D eigenvalue weighted by atomic mass is 9.76. The standard InChI is InChI=1S/C12H22N2O/c1-10(2)11(15)14-9-6-12(14)4-7-13(3)8-5-12/h10H,4-9H2,1-3H3. The number of amides is 1. The van der Waals surface area contributed by atoms with Crippen molar-refractivity contribution in [2.24, 2.45) is 5.92 Å². The Morgan fingerprint density at radius 3 is 2.07 bits per heavy atom. The predicted molar refractivity (Wildman–Crippen MR) is 60.6 cm³/mol. The molecule has 0 aromatic heterocycles. The highest BCUT2D eigenvalue weighted by atomic mass is 16.2. The predicted octanol–water partition coefficient (Wildman–Crippen LogP) is 1.34. The van der Waals surface area contributed by atoms with Crippen LogP contribution in [-0.2, 0) is 4.79 Å². The zero-order valence-electron chi connectivity index (χ0n) is 10.1. The molecule has 1 amide bonds. The fourth-order valence-corrected chi connectivity index (χ4v) is 2.75. The van der Waals surface area contributed by atoms with Crippen LogP contribution in [0.1, 0.15) is 33.1 Å². The number of rotatable bonds is 1. The van der Waals surface area contributed by atoms with Gasteiger partial charge in [0.25, 0.3) is 0 Å². The minimum Gasteiger partial charge on any atom is -0.337 e. The van der Waals surface area contributed by atoms with Crippen molar-refractivity contribution in [3.63, 3.8) is 0 Å². The molecule has 0 radical (unpaired) electrons. The molecule has 0 aromatic carbocycles. The summed E-state index contributed by atoms with van der Waals surface area (Å²) in [6.07, 6.45) is 3.56. The Kier molecular flexibility index (Phi) is 2.75. The Balaban J connectivity index is 2.01. The molecule has 3 nitrogen and oxygen atoms in total. The highest BCUT2D eigenvalue weighted by Gasteiger charge is 2.48. The summed E-state index contributed by atoms with van der Waals surface area (Å²) in [6.45, 7) is 7.27. The van der Waals surface area contributed by atoms with Crippen molar-refractivity contribution in [1.29, 1.82) is 0 Å². The van der Waals surface area contributed by atoms with Crippen molar-refractivity contribution in [1.82, 2.24) is 9.80 Å². The van der Waals surface area contributed by atoms with Crippen molar-refractivity contribution < 1.29 is 4.79 Å². The van der Waals surface area contributed by atoms with E-state index in [1.54, 1.807) is 0 Å². The lowest BCUT2D eigenvalue weighted by Gasteiger charge is -2.56. The summed E-state index contributed by atoms with van der Waals surface area (Å²) in [5, 5.41) is 0. The van der Waals surface area contributed by atoms with Crippen LogP contribution in [0.2, 0.25) is 0 Å². The topological polar surface area (TPSA) is 23.6 Å². The third kappa shape index (κ3) is 1.78. The van der Waals surface area contributed by atoms with E-state index >= 15 is 0 Å². The van der Waals surface area contributed by atoms with Gasteiger partial charge in [0, 0.05) is 31.1 Å². The zero-order valence-corrected chi connectivity index (χ0v) is 10.1. The van der Waals surface area contributed by atoms with Crippen LogP contribution in [0.5, 0.6) is 0 Å². The molecule has 15 heavy (non-hydrogen) atoms. The molecule has 0 aliphatic carbocycles. The fraction of sp³-hybridized carbons (Fsp3) is 0.917. The number of likely N-dealkylation sites (tertiary alicyclic amines) is 2. The molecule has 2 aliphatic rings. The maximum absolute atomic E-state index is 12.0. The molecule has 0 bridgehead atoms. The van der Waals surface area contributed by atoms with E-state index in [9.17, 15) is 4.79 Å². The van der Waals surface area contributed by atoms with Crippen LogP contribution < -0.4 is 0 Å². The monoisotopic (exact) mass is 210 g/mol. The van der Waals surface area contributed by atoms with Gasteiger partial charge >= 0.3 is 0 Å². The van der Waals surface area contributed by atoms with Crippen molar-refractivity contribution in [3.8, 4) is 0 Å². The average Bonchev–Trinajstić information content (AvgIpc) is 2.17. The molecule has 2 fully saturated rings. The highest BCUT2D eigenvalue weighted by molar-refractivity contribution is 5.80. The van der Waals surface area contributed by atoms with Gasteiger partial charge in [0.2, 0.25) is 5.91 Å². The van der Waals surface area contributed by atoms with Crippen LogP contribution in [0.3, 0.4) is 0 Å². The average molecular weight is 210 g/mol. The minimum absolute atomic E-state index is 0.154. The van der Waals surface area contributed by atoms with E-state index in [0.717, 1.165) is 19.6 Å². The molecule has 1 spiro atoms. The highest BCUT2D eigenvalue weighted by Crippen LogP contribution is 2.40. The third-order valence-electron chi connectivity index (χ3n) is 4.05. The van der Waals surface area contributed by atoms with Gasteiger partial charge in [0.05, 0.1) is 0 Å². The number of carbonyl (C=O) groups is 1. The van der Waals surface area contributed by atoms with Gasteiger partial charge in [-0.2, -0.15) is 0 Å². The normalized spacial score (nSPS) is 25.7. The van der Waals surface area contributed by atoms with Crippen LogP contribution in [0.25, 0.3) is 0 Å². The Morgan fingerprint density at radius 1 is 1.13 bits per heavy atom. The quantitative estimate of drug-likeness (QED) is 0.652. The van der Waals surface area contributed by atoms with Crippen LogP contribution in [0.4, 0.5) is 0 Å². The molecule has 0 saturated carbocycles. The Morgan fingerprint density at radius 2 is 1.67 bits per heavy atom. The van der Waals surface area contributed by atoms with Gasteiger partial charge < -0.3 is 9.80 Å². The Hall–Kier alpha value is -0.570. The van der Waals surface area contributed by atoms with Gasteiger partial charge in [-0.1, -0.05) is 13.8 Å². The van der Waals surface area contributed by atoms with E-state index < -0.39 is 0 Å². The number of carbonyl (C=O) groups excluding carboxylic acids is 1. The van der Waals surface area contributed by atoms with Gasteiger partial charge in [0.15, 0.2) is 0 Å². The van der Waals surface area contributed by atoms with E-state index in [2.05, 4.69) is 16.8 Å². The molecular formula is C12H22N2O. The second-order valence-corrected chi connectivity index (χ2v) is 5.42. The number of piperidine rings is 1. The van der Waals surface area contributed by atoms with E-state index in [0.29, 0.717) is 5.91 Å². The molecule has 2 aliphatic heterocycles. The lowest BCUT2D eigenvalue weighted by Crippen LogP contribution is -2.66. The molecule has 86 valence electrons. The SMILES string of the molecule is CC(C)C(=O)N1CCC12CCN(C)CC2. The van der Waals surface area contributed by atoms with Crippen molar-refractivity contribution in [2.45, 2.75) is 38.6 Å². The number of hydrogen-bond donors (Lipinski definition) is 0. The summed E-state index contributed by atoms with van der Waals surface area (Å²) in [5.41, 5.74) is 0.244. The van der Waals surface area contributed by atoms with Crippen LogP contribution in [0, 0.1) is 5.92 Å². The van der Waals surface area contributed by atoms with E-state index in [1.807, 2.05) is 13.8 Å². The number of hydrogen-bond acceptors (Lipinski definition) is 2. The second kappa shape index (κ2) is 3.78. The third-order valence-corrected chi connectivity index (χ3v) is 4.05. The van der Waals surface area contributed by atoms with E-state index in [4.69, 9.17) is 0 Å². The van der Waals surface area contributed by atoms with E-state index in [1.165, 1.54) is 19.3 Å². The molecule has 2 rings (SSSR count). The van der Waals surface area contributed by atoms with Crippen molar-refractivity contribution in [2.75, 3.05) is 26.7 Å². The summed E-state index contributed by atoms with van der Waals surface area (Å²) in [5.74, 6) is 0.507. The second-order valence-electron chi connectivity index (χ2n) is 5.42. The molecule has 0 atom stereocenters. The van der Waals surface area contributed by atoms with Gasteiger partial charge in [-0.15, -0.1) is 0 Å². The number of nitrogens with zero attached hydrogens (tertiary/aromatic N) is 2. The van der Waals surface area contributed by atoms with Crippen LogP contribution in [-0.4, -0.2) is 47.9 Å². The maximum atomic E-state index is 12.0. The van der Waals surface area contributed by atoms with Crippen LogP contribution >= 0.6 is 0 Å². The lowest BCUT2D eigenvalue weighted by molar-refractivity contribution is -0.155. The van der Waals surface area contributed by atoms with Crippen LogP contribution in [0.15, 0.2) is 0 Å². The molecule has 3 heteroatoms.